The standard InChI is InChI=1S/C23H20F4N4O/c1-22(2,23(3,26)27)9-8-13-11-28-12-17-14(13)5-4-10-31(17)20-18-16(29-21(32)30-20)7-6-15(24)19(18)25/h6-7,11-12H,4-5,10H2,1-3H3,(H,29,30,32). The summed E-state index contributed by atoms with van der Waals surface area (Å²) in [6.07, 6.45) is 4.19. The van der Waals surface area contributed by atoms with Crippen LogP contribution in [0, 0.1) is 28.9 Å². The highest BCUT2D eigenvalue weighted by Crippen LogP contribution is 2.38. The molecule has 9 heteroatoms. The zero-order valence-electron chi connectivity index (χ0n) is 17.7. The molecule has 2 aromatic heterocycles. The first-order valence-electron chi connectivity index (χ1n) is 10.0. The average molecular weight is 444 g/mol. The van der Waals surface area contributed by atoms with E-state index in [1.807, 2.05) is 0 Å². The van der Waals surface area contributed by atoms with Gasteiger partial charge in [0.15, 0.2) is 17.5 Å². The minimum Gasteiger partial charge on any atom is -0.324 e. The molecule has 0 radical (unpaired) electrons. The zero-order chi connectivity index (χ0) is 23.3. The van der Waals surface area contributed by atoms with E-state index in [0.29, 0.717) is 30.6 Å². The lowest BCUT2D eigenvalue weighted by Gasteiger charge is -2.31. The quantitative estimate of drug-likeness (QED) is 0.459. The van der Waals surface area contributed by atoms with Crippen molar-refractivity contribution in [2.24, 2.45) is 5.41 Å². The molecule has 0 spiro atoms. The van der Waals surface area contributed by atoms with Gasteiger partial charge in [0.2, 0.25) is 0 Å². The number of fused-ring (bicyclic) bond motifs is 2. The van der Waals surface area contributed by atoms with Gasteiger partial charge in [-0.1, -0.05) is 11.8 Å². The summed E-state index contributed by atoms with van der Waals surface area (Å²) in [5.41, 5.74) is -0.447. The zero-order valence-corrected chi connectivity index (χ0v) is 17.7. The van der Waals surface area contributed by atoms with Gasteiger partial charge in [-0.15, -0.1) is 0 Å². The van der Waals surface area contributed by atoms with Gasteiger partial charge in [-0.2, -0.15) is 4.98 Å². The number of hydrogen-bond acceptors (Lipinski definition) is 4. The van der Waals surface area contributed by atoms with E-state index in [4.69, 9.17) is 0 Å². The first-order chi connectivity index (χ1) is 15.0. The van der Waals surface area contributed by atoms with Crippen molar-refractivity contribution in [3.05, 3.63) is 57.8 Å². The van der Waals surface area contributed by atoms with E-state index >= 15 is 0 Å². The van der Waals surface area contributed by atoms with Crippen molar-refractivity contribution >= 4 is 22.4 Å². The van der Waals surface area contributed by atoms with Gasteiger partial charge in [-0.05, 0) is 44.4 Å². The second-order valence-electron chi connectivity index (χ2n) is 8.35. The molecule has 4 rings (SSSR count). The molecule has 3 heterocycles. The minimum absolute atomic E-state index is 0.0333. The monoisotopic (exact) mass is 444 g/mol. The molecule has 1 N–H and O–H groups in total. The molecule has 1 aliphatic heterocycles. The normalized spacial score (nSPS) is 14.2. The third-order valence-corrected chi connectivity index (χ3v) is 5.76. The van der Waals surface area contributed by atoms with E-state index in [-0.39, 0.29) is 16.7 Å². The molecule has 0 fully saturated rings. The Kier molecular flexibility index (Phi) is 5.19. The second kappa shape index (κ2) is 7.62. The first kappa shape index (κ1) is 21.8. The Morgan fingerprint density at radius 1 is 1.16 bits per heavy atom. The average Bonchev–Trinajstić information content (AvgIpc) is 2.73. The number of benzene rings is 1. The van der Waals surface area contributed by atoms with Crippen LogP contribution in [0.1, 0.15) is 38.3 Å². The summed E-state index contributed by atoms with van der Waals surface area (Å²) in [5, 5.41) is -0.152. The third kappa shape index (κ3) is 3.70. The van der Waals surface area contributed by atoms with Crippen molar-refractivity contribution in [2.45, 2.75) is 39.5 Å². The molecule has 0 bridgehead atoms. The van der Waals surface area contributed by atoms with Crippen LogP contribution in [0.5, 0.6) is 0 Å². The number of aromatic amines is 1. The number of halogens is 4. The summed E-state index contributed by atoms with van der Waals surface area (Å²) >= 11 is 0. The number of hydrogen-bond donors (Lipinski definition) is 1. The van der Waals surface area contributed by atoms with Crippen LogP contribution in [0.2, 0.25) is 0 Å². The fourth-order valence-corrected chi connectivity index (χ4v) is 3.53. The highest BCUT2D eigenvalue weighted by Gasteiger charge is 2.40. The number of nitrogens with one attached hydrogen (secondary N) is 1. The Hall–Kier alpha value is -3.41. The van der Waals surface area contributed by atoms with Gasteiger partial charge in [0.25, 0.3) is 5.92 Å². The molecule has 32 heavy (non-hydrogen) atoms. The summed E-state index contributed by atoms with van der Waals surface area (Å²) in [5.74, 6) is 0.227. The van der Waals surface area contributed by atoms with Gasteiger partial charge in [0.05, 0.1) is 28.2 Å². The number of nitrogens with zero attached hydrogens (tertiary/aromatic N) is 3. The van der Waals surface area contributed by atoms with Crippen LogP contribution < -0.4 is 10.6 Å². The predicted molar refractivity (Wildman–Crippen MR) is 113 cm³/mol. The van der Waals surface area contributed by atoms with Crippen molar-refractivity contribution in [1.82, 2.24) is 15.0 Å². The van der Waals surface area contributed by atoms with Crippen LogP contribution >= 0.6 is 0 Å². The molecule has 0 saturated heterocycles. The van der Waals surface area contributed by atoms with Crippen molar-refractivity contribution in [2.75, 3.05) is 11.4 Å². The Bertz CT molecular complexity index is 1330. The fourth-order valence-electron chi connectivity index (χ4n) is 3.53. The molecule has 0 amide bonds. The van der Waals surface area contributed by atoms with Gasteiger partial charge in [-0.3, -0.25) is 4.98 Å². The topological polar surface area (TPSA) is 61.9 Å². The van der Waals surface area contributed by atoms with E-state index in [2.05, 4.69) is 26.8 Å². The van der Waals surface area contributed by atoms with Crippen molar-refractivity contribution < 1.29 is 17.6 Å². The second-order valence-corrected chi connectivity index (χ2v) is 8.35. The van der Waals surface area contributed by atoms with Crippen LogP contribution in [0.25, 0.3) is 10.9 Å². The largest absolute Gasteiger partial charge is 0.347 e. The van der Waals surface area contributed by atoms with E-state index in [0.717, 1.165) is 18.6 Å². The number of aromatic nitrogens is 3. The lowest BCUT2D eigenvalue weighted by molar-refractivity contribution is -0.0585. The van der Waals surface area contributed by atoms with E-state index in [1.165, 1.54) is 32.3 Å². The molecule has 0 aliphatic carbocycles. The van der Waals surface area contributed by atoms with E-state index in [1.54, 1.807) is 4.90 Å². The van der Waals surface area contributed by atoms with Crippen molar-refractivity contribution in [3.8, 4) is 11.8 Å². The van der Waals surface area contributed by atoms with Gasteiger partial charge in [0, 0.05) is 25.2 Å². The molecular formula is C23H20F4N4O. The first-order valence-corrected chi connectivity index (χ1v) is 10.0. The number of rotatable bonds is 2. The number of alkyl halides is 2. The third-order valence-electron chi connectivity index (χ3n) is 5.76. The molecule has 5 nitrogen and oxygen atoms in total. The Morgan fingerprint density at radius 2 is 1.91 bits per heavy atom. The summed E-state index contributed by atoms with van der Waals surface area (Å²) in [4.78, 5) is 24.2. The SMILES string of the molecule is CC(F)(F)C(C)(C)C#Cc1cncc2c1CCCN2c1nc(=O)[nH]c2ccc(F)c(F)c12. The lowest BCUT2D eigenvalue weighted by atomic mass is 9.86. The Labute approximate surface area is 181 Å². The summed E-state index contributed by atoms with van der Waals surface area (Å²) < 4.78 is 56.3. The molecule has 1 aromatic carbocycles. The summed E-state index contributed by atoms with van der Waals surface area (Å²) in [6.45, 7) is 3.92. The van der Waals surface area contributed by atoms with Crippen molar-refractivity contribution in [1.29, 1.82) is 0 Å². The highest BCUT2D eigenvalue weighted by molar-refractivity contribution is 5.92. The van der Waals surface area contributed by atoms with E-state index < -0.39 is 28.7 Å². The van der Waals surface area contributed by atoms with Crippen LogP contribution in [0.15, 0.2) is 29.3 Å². The number of anilines is 2. The van der Waals surface area contributed by atoms with Crippen LogP contribution in [-0.2, 0) is 6.42 Å². The van der Waals surface area contributed by atoms with Gasteiger partial charge < -0.3 is 9.88 Å². The summed E-state index contributed by atoms with van der Waals surface area (Å²) in [7, 11) is 0. The van der Waals surface area contributed by atoms with Gasteiger partial charge >= 0.3 is 5.69 Å². The molecule has 0 atom stereocenters. The number of H-pyrrole nitrogens is 1. The van der Waals surface area contributed by atoms with Crippen LogP contribution in [0.4, 0.5) is 29.1 Å². The predicted octanol–water partition coefficient (Wildman–Crippen LogP) is 4.71. The molecule has 3 aromatic rings. The van der Waals surface area contributed by atoms with Gasteiger partial charge in [-0.25, -0.2) is 22.4 Å². The van der Waals surface area contributed by atoms with Crippen LogP contribution in [0.3, 0.4) is 0 Å². The Morgan fingerprint density at radius 3 is 2.62 bits per heavy atom. The minimum atomic E-state index is -3.01. The Balaban J connectivity index is 1.88. The lowest BCUT2D eigenvalue weighted by Crippen LogP contribution is -2.31. The molecule has 166 valence electrons. The highest BCUT2D eigenvalue weighted by atomic mass is 19.3. The van der Waals surface area contributed by atoms with Crippen molar-refractivity contribution in [3.63, 3.8) is 0 Å². The van der Waals surface area contributed by atoms with Crippen LogP contribution in [-0.4, -0.2) is 27.4 Å². The maximum absolute atomic E-state index is 14.7. The number of pyridine rings is 1. The maximum atomic E-state index is 14.7. The smallest absolute Gasteiger partial charge is 0.324 e. The molecule has 0 saturated carbocycles. The van der Waals surface area contributed by atoms with E-state index in [9.17, 15) is 22.4 Å². The molecule has 0 unspecified atom stereocenters. The van der Waals surface area contributed by atoms with Gasteiger partial charge in [0.1, 0.15) is 0 Å². The molecular weight excluding hydrogens is 424 g/mol. The molecule has 1 aliphatic rings. The maximum Gasteiger partial charge on any atom is 0.347 e. The fraction of sp³-hybridized carbons (Fsp3) is 0.348. The summed E-state index contributed by atoms with van der Waals surface area (Å²) in [6, 6.07) is 2.21.